The largest absolute Gasteiger partial charge is 0.519 e. The van der Waals surface area contributed by atoms with Gasteiger partial charge in [0.15, 0.2) is 0 Å². The van der Waals surface area contributed by atoms with E-state index in [-0.39, 0.29) is 23.3 Å². The maximum absolute atomic E-state index is 12.5. The quantitative estimate of drug-likeness (QED) is 0.718. The molecule has 2 aromatic rings. The van der Waals surface area contributed by atoms with Gasteiger partial charge in [-0.3, -0.25) is 4.79 Å². The van der Waals surface area contributed by atoms with Crippen LogP contribution < -0.4 is 0 Å². The van der Waals surface area contributed by atoms with Crippen LogP contribution in [0, 0.1) is 0 Å². The molecule has 0 bridgehead atoms. The molecule has 0 aliphatic heterocycles. The van der Waals surface area contributed by atoms with Crippen LogP contribution in [0.5, 0.6) is 0 Å². The van der Waals surface area contributed by atoms with E-state index in [9.17, 15) is 9.90 Å². The zero-order valence-electron chi connectivity index (χ0n) is 16.4. The van der Waals surface area contributed by atoms with Crippen molar-refractivity contribution in [1.29, 1.82) is 0 Å². The van der Waals surface area contributed by atoms with E-state index >= 15 is 0 Å². The lowest BCUT2D eigenvalue weighted by atomic mass is 9.85. The first-order valence-corrected chi connectivity index (χ1v) is 12.0. The van der Waals surface area contributed by atoms with Gasteiger partial charge < -0.3 is 9.53 Å². The van der Waals surface area contributed by atoms with Gasteiger partial charge in [0, 0.05) is 5.92 Å². The lowest BCUT2D eigenvalue weighted by Gasteiger charge is -2.36. The summed E-state index contributed by atoms with van der Waals surface area (Å²) in [6.45, 7) is 10.4. The molecule has 4 heteroatoms. The van der Waals surface area contributed by atoms with Crippen molar-refractivity contribution in [3.8, 4) is 0 Å². The molecule has 0 aliphatic rings. The van der Waals surface area contributed by atoms with Crippen molar-refractivity contribution in [1.82, 2.24) is 0 Å². The number of aliphatic hydroxyl groups is 1. The first-order valence-electron chi connectivity index (χ1n) is 9.11. The molecule has 0 spiro atoms. The Morgan fingerprint density at radius 3 is 1.77 bits per heavy atom. The lowest BCUT2D eigenvalue weighted by Crippen LogP contribution is -2.43. The predicted molar refractivity (Wildman–Crippen MR) is 109 cm³/mol. The number of benzene rings is 2. The SMILES string of the molecule is CC(C)(C)[Si](C)(C)OC(=O)CC(O)C(c1ccccc1)c1ccccc1. The summed E-state index contributed by atoms with van der Waals surface area (Å²) in [6, 6.07) is 19.6. The molecule has 0 fully saturated rings. The Labute approximate surface area is 158 Å². The van der Waals surface area contributed by atoms with Gasteiger partial charge in [-0.1, -0.05) is 81.4 Å². The number of hydrogen-bond acceptors (Lipinski definition) is 3. The third-order valence-corrected chi connectivity index (χ3v) is 9.60. The number of carbonyl (C=O) groups excluding carboxylic acids is 1. The molecule has 140 valence electrons. The molecule has 1 atom stereocenters. The first-order chi connectivity index (χ1) is 12.1. The molecule has 0 aromatic heterocycles. The summed E-state index contributed by atoms with van der Waals surface area (Å²) < 4.78 is 5.83. The van der Waals surface area contributed by atoms with Crippen LogP contribution in [0.3, 0.4) is 0 Å². The molecule has 1 unspecified atom stereocenters. The summed E-state index contributed by atoms with van der Waals surface area (Å²) in [5, 5.41) is 10.9. The van der Waals surface area contributed by atoms with E-state index < -0.39 is 14.4 Å². The third kappa shape index (κ3) is 5.05. The van der Waals surface area contributed by atoms with Gasteiger partial charge in [0.2, 0.25) is 0 Å². The molecular formula is C22H30O3Si. The van der Waals surface area contributed by atoms with Gasteiger partial charge in [0.25, 0.3) is 14.3 Å². The third-order valence-electron chi connectivity index (χ3n) is 5.25. The van der Waals surface area contributed by atoms with E-state index in [0.717, 1.165) is 11.1 Å². The number of aliphatic hydroxyl groups excluding tert-OH is 1. The van der Waals surface area contributed by atoms with E-state index in [0.29, 0.717) is 0 Å². The average molecular weight is 371 g/mol. The molecule has 0 aliphatic carbocycles. The Balaban J connectivity index is 2.20. The highest BCUT2D eigenvalue weighted by atomic mass is 28.4. The van der Waals surface area contributed by atoms with Crippen molar-refractivity contribution >= 4 is 14.3 Å². The van der Waals surface area contributed by atoms with Crippen molar-refractivity contribution in [3.63, 3.8) is 0 Å². The van der Waals surface area contributed by atoms with Gasteiger partial charge in [-0.05, 0) is 29.3 Å². The highest BCUT2D eigenvalue weighted by Gasteiger charge is 2.41. The van der Waals surface area contributed by atoms with Crippen LogP contribution >= 0.6 is 0 Å². The normalized spacial score (nSPS) is 13.5. The summed E-state index contributed by atoms with van der Waals surface area (Å²) >= 11 is 0. The van der Waals surface area contributed by atoms with E-state index in [2.05, 4.69) is 20.8 Å². The Morgan fingerprint density at radius 2 is 1.38 bits per heavy atom. The molecule has 0 saturated heterocycles. The summed E-state index contributed by atoms with van der Waals surface area (Å²) in [5.41, 5.74) is 1.98. The topological polar surface area (TPSA) is 46.5 Å². The van der Waals surface area contributed by atoms with E-state index in [1.54, 1.807) is 0 Å². The Bertz CT molecular complexity index is 666. The van der Waals surface area contributed by atoms with Crippen molar-refractivity contribution in [2.75, 3.05) is 0 Å². The molecule has 0 heterocycles. The van der Waals surface area contributed by atoms with Crippen LogP contribution in [-0.2, 0) is 9.22 Å². The first kappa shape index (κ1) is 20.4. The van der Waals surface area contributed by atoms with Gasteiger partial charge >= 0.3 is 0 Å². The van der Waals surface area contributed by atoms with Crippen LogP contribution in [0.2, 0.25) is 18.1 Å². The molecule has 3 nitrogen and oxygen atoms in total. The van der Waals surface area contributed by atoms with Gasteiger partial charge in [0.05, 0.1) is 12.5 Å². The van der Waals surface area contributed by atoms with Crippen molar-refractivity contribution < 1.29 is 14.3 Å². The maximum atomic E-state index is 12.5. The van der Waals surface area contributed by atoms with Crippen molar-refractivity contribution in [3.05, 3.63) is 71.8 Å². The maximum Gasteiger partial charge on any atom is 0.295 e. The summed E-state index contributed by atoms with van der Waals surface area (Å²) in [7, 11) is -2.19. The van der Waals surface area contributed by atoms with E-state index in [1.807, 2.05) is 73.8 Å². The van der Waals surface area contributed by atoms with Gasteiger partial charge in [-0.15, -0.1) is 0 Å². The fourth-order valence-electron chi connectivity index (χ4n) is 2.73. The fourth-order valence-corrected chi connectivity index (χ4v) is 3.68. The molecule has 2 rings (SSSR count). The molecule has 0 amide bonds. The average Bonchev–Trinajstić information content (AvgIpc) is 2.55. The second kappa shape index (κ2) is 8.19. The van der Waals surface area contributed by atoms with E-state index in [1.165, 1.54) is 0 Å². The predicted octanol–water partition coefficient (Wildman–Crippen LogP) is 5.12. The molecule has 1 N–H and O–H groups in total. The molecule has 0 radical (unpaired) electrons. The van der Waals surface area contributed by atoms with Crippen LogP contribution in [0.4, 0.5) is 0 Å². The number of hydrogen-bond donors (Lipinski definition) is 1. The summed E-state index contributed by atoms with van der Waals surface area (Å²) in [5.74, 6) is -0.578. The highest BCUT2D eigenvalue weighted by Crippen LogP contribution is 2.37. The number of rotatable bonds is 6. The monoisotopic (exact) mass is 370 g/mol. The van der Waals surface area contributed by atoms with Gasteiger partial charge in [-0.25, -0.2) is 0 Å². The minimum Gasteiger partial charge on any atom is -0.519 e. The van der Waals surface area contributed by atoms with Gasteiger partial charge in [-0.2, -0.15) is 0 Å². The standard InChI is InChI=1S/C22H30O3Si/c1-22(2,3)26(4,5)25-20(24)16-19(23)21(17-12-8-6-9-13-17)18-14-10-7-11-15-18/h6-15,19,21,23H,16H2,1-5H3. The Hall–Kier alpha value is -1.91. The van der Waals surface area contributed by atoms with Crippen molar-refractivity contribution in [2.24, 2.45) is 0 Å². The van der Waals surface area contributed by atoms with Crippen LogP contribution in [0.1, 0.15) is 44.2 Å². The minimum atomic E-state index is -2.19. The van der Waals surface area contributed by atoms with Gasteiger partial charge in [0.1, 0.15) is 0 Å². The molecule has 2 aromatic carbocycles. The zero-order valence-corrected chi connectivity index (χ0v) is 17.4. The summed E-state index contributed by atoms with van der Waals surface area (Å²) in [4.78, 5) is 12.5. The Kier molecular flexibility index (Phi) is 6.42. The highest BCUT2D eigenvalue weighted by molar-refractivity contribution is 6.75. The van der Waals surface area contributed by atoms with Crippen LogP contribution in [-0.4, -0.2) is 25.5 Å². The Morgan fingerprint density at radius 1 is 0.962 bits per heavy atom. The van der Waals surface area contributed by atoms with Crippen LogP contribution in [0.15, 0.2) is 60.7 Å². The van der Waals surface area contributed by atoms with Crippen LogP contribution in [0.25, 0.3) is 0 Å². The fraction of sp³-hybridized carbons (Fsp3) is 0.409. The number of carbonyl (C=O) groups is 1. The van der Waals surface area contributed by atoms with Crippen molar-refractivity contribution in [2.45, 2.75) is 57.3 Å². The summed E-state index contributed by atoms with van der Waals surface area (Å²) in [6.07, 6.45) is -0.849. The second-order valence-corrected chi connectivity index (χ2v) is 13.0. The smallest absolute Gasteiger partial charge is 0.295 e. The zero-order chi connectivity index (χ0) is 19.4. The minimum absolute atomic E-state index is 0.0129. The second-order valence-electron chi connectivity index (χ2n) is 8.30. The molecular weight excluding hydrogens is 340 g/mol. The molecule has 26 heavy (non-hydrogen) atoms. The molecule has 0 saturated carbocycles. The lowest BCUT2D eigenvalue weighted by molar-refractivity contribution is -0.137. The van der Waals surface area contributed by atoms with E-state index in [4.69, 9.17) is 4.43 Å².